The molecule has 0 unspecified atom stereocenters. The van der Waals surface area contributed by atoms with Gasteiger partial charge >= 0.3 is 0 Å². The van der Waals surface area contributed by atoms with Crippen molar-refractivity contribution in [3.05, 3.63) is 18.1 Å². The highest BCUT2D eigenvalue weighted by Gasteiger charge is 1.93. The first-order valence-corrected chi connectivity index (χ1v) is 3.08. The van der Waals surface area contributed by atoms with Crippen molar-refractivity contribution in [1.29, 1.82) is 0 Å². The summed E-state index contributed by atoms with van der Waals surface area (Å²) in [6.07, 6.45) is 5.44. The normalized spacial score (nSPS) is 10.6. The van der Waals surface area contributed by atoms with Gasteiger partial charge in [-0.3, -0.25) is 0 Å². The van der Waals surface area contributed by atoms with Gasteiger partial charge in [0.25, 0.3) is 0 Å². The molecule has 0 bridgehead atoms. The van der Waals surface area contributed by atoms with E-state index in [9.17, 15) is 0 Å². The number of H-pyrrole nitrogens is 1. The first-order chi connectivity index (χ1) is 4.86. The van der Waals surface area contributed by atoms with Crippen LogP contribution in [0.5, 0.6) is 5.88 Å². The molecule has 1 aromatic heterocycles. The van der Waals surface area contributed by atoms with Gasteiger partial charge in [-0.2, -0.15) is 0 Å². The van der Waals surface area contributed by atoms with Crippen molar-refractivity contribution in [2.24, 2.45) is 0 Å². The quantitative estimate of drug-likeness (QED) is 0.671. The van der Waals surface area contributed by atoms with E-state index in [0.29, 0.717) is 5.88 Å². The molecule has 0 aliphatic heterocycles. The molecule has 1 rings (SSSR count). The van der Waals surface area contributed by atoms with Crippen LogP contribution >= 0.6 is 0 Å². The van der Waals surface area contributed by atoms with Crippen molar-refractivity contribution in [1.82, 2.24) is 9.97 Å². The molecule has 1 N–H and O–H groups in total. The Morgan fingerprint density at radius 2 is 2.50 bits per heavy atom. The third kappa shape index (κ3) is 1.37. The second-order valence-electron chi connectivity index (χ2n) is 1.84. The zero-order chi connectivity index (χ0) is 7.40. The molecule has 10 heavy (non-hydrogen) atoms. The number of ether oxygens (including phenoxy) is 1. The molecule has 0 aliphatic carbocycles. The van der Waals surface area contributed by atoms with Crippen molar-refractivity contribution in [3.63, 3.8) is 0 Å². The Morgan fingerprint density at radius 1 is 1.70 bits per heavy atom. The lowest BCUT2D eigenvalue weighted by Crippen LogP contribution is -1.80. The molecule has 0 saturated carbocycles. The van der Waals surface area contributed by atoms with Crippen molar-refractivity contribution < 1.29 is 4.74 Å². The molecule has 0 fully saturated rings. The van der Waals surface area contributed by atoms with Gasteiger partial charge in [0.1, 0.15) is 5.82 Å². The summed E-state index contributed by atoms with van der Waals surface area (Å²) in [5.41, 5.74) is 0. The summed E-state index contributed by atoms with van der Waals surface area (Å²) >= 11 is 0. The predicted octanol–water partition coefficient (Wildman–Crippen LogP) is 1.45. The summed E-state index contributed by atoms with van der Waals surface area (Å²) in [5.74, 6) is 1.51. The lowest BCUT2D eigenvalue weighted by Gasteiger charge is -1.88. The van der Waals surface area contributed by atoms with E-state index in [1.807, 2.05) is 19.1 Å². The minimum absolute atomic E-state index is 0.688. The minimum atomic E-state index is 0.688. The average molecular weight is 138 g/mol. The SMILES string of the molecule is C/C=C/c1ncc(OC)[nH]1. The fourth-order valence-corrected chi connectivity index (χ4v) is 0.665. The number of hydrogen-bond donors (Lipinski definition) is 1. The van der Waals surface area contributed by atoms with Gasteiger partial charge in [-0.25, -0.2) is 4.98 Å². The Labute approximate surface area is 59.7 Å². The Bertz CT molecular complexity index is 227. The maximum absolute atomic E-state index is 4.89. The summed E-state index contributed by atoms with van der Waals surface area (Å²) in [4.78, 5) is 6.95. The van der Waals surface area contributed by atoms with E-state index >= 15 is 0 Å². The highest BCUT2D eigenvalue weighted by molar-refractivity contribution is 5.40. The van der Waals surface area contributed by atoms with Crippen LogP contribution in [0.25, 0.3) is 6.08 Å². The lowest BCUT2D eigenvalue weighted by molar-refractivity contribution is 0.400. The number of allylic oxidation sites excluding steroid dienone is 1. The molecule has 54 valence electrons. The Morgan fingerprint density at radius 3 is 3.00 bits per heavy atom. The van der Waals surface area contributed by atoms with Gasteiger partial charge < -0.3 is 9.72 Å². The van der Waals surface area contributed by atoms with Crippen LogP contribution in [0, 0.1) is 0 Å². The van der Waals surface area contributed by atoms with Crippen molar-refractivity contribution in [2.75, 3.05) is 7.11 Å². The molecule has 0 radical (unpaired) electrons. The summed E-state index contributed by atoms with van der Waals surface area (Å²) in [6, 6.07) is 0. The zero-order valence-electron chi connectivity index (χ0n) is 6.09. The first kappa shape index (κ1) is 6.86. The second-order valence-corrected chi connectivity index (χ2v) is 1.84. The van der Waals surface area contributed by atoms with E-state index in [1.165, 1.54) is 0 Å². The third-order valence-corrected chi connectivity index (χ3v) is 1.12. The van der Waals surface area contributed by atoms with E-state index in [4.69, 9.17) is 4.74 Å². The van der Waals surface area contributed by atoms with Crippen LogP contribution in [-0.4, -0.2) is 17.1 Å². The van der Waals surface area contributed by atoms with Gasteiger partial charge in [-0.1, -0.05) is 6.08 Å². The lowest BCUT2D eigenvalue weighted by atomic mass is 10.5. The summed E-state index contributed by atoms with van der Waals surface area (Å²) in [7, 11) is 1.60. The van der Waals surface area contributed by atoms with Crippen molar-refractivity contribution >= 4 is 6.08 Å². The van der Waals surface area contributed by atoms with Crippen LogP contribution in [0.15, 0.2) is 12.3 Å². The predicted molar refractivity (Wildman–Crippen MR) is 39.8 cm³/mol. The van der Waals surface area contributed by atoms with E-state index in [0.717, 1.165) is 5.82 Å². The number of nitrogens with one attached hydrogen (secondary N) is 1. The number of hydrogen-bond acceptors (Lipinski definition) is 2. The average Bonchev–Trinajstić information content (AvgIpc) is 2.37. The number of rotatable bonds is 2. The summed E-state index contributed by atoms with van der Waals surface area (Å²) in [6.45, 7) is 1.94. The Kier molecular flexibility index (Phi) is 2.10. The Balaban J connectivity index is 2.78. The number of aromatic amines is 1. The van der Waals surface area contributed by atoms with Gasteiger partial charge in [0.05, 0.1) is 13.3 Å². The maximum atomic E-state index is 4.89. The van der Waals surface area contributed by atoms with E-state index in [-0.39, 0.29) is 0 Å². The Hall–Kier alpha value is -1.25. The maximum Gasteiger partial charge on any atom is 0.211 e. The van der Waals surface area contributed by atoms with Crippen LogP contribution in [0.1, 0.15) is 12.7 Å². The van der Waals surface area contributed by atoms with Gasteiger partial charge in [0.15, 0.2) is 0 Å². The highest BCUT2D eigenvalue weighted by atomic mass is 16.5. The molecule has 1 heterocycles. The molecule has 0 aliphatic rings. The fraction of sp³-hybridized carbons (Fsp3) is 0.286. The van der Waals surface area contributed by atoms with Crippen LogP contribution in [0.2, 0.25) is 0 Å². The topological polar surface area (TPSA) is 37.9 Å². The largest absolute Gasteiger partial charge is 0.481 e. The molecule has 0 atom stereocenters. The van der Waals surface area contributed by atoms with Crippen LogP contribution in [-0.2, 0) is 0 Å². The molecule has 0 saturated heterocycles. The van der Waals surface area contributed by atoms with E-state index in [2.05, 4.69) is 9.97 Å². The molecule has 0 amide bonds. The summed E-state index contributed by atoms with van der Waals surface area (Å²) in [5, 5.41) is 0. The highest BCUT2D eigenvalue weighted by Crippen LogP contribution is 2.05. The van der Waals surface area contributed by atoms with Crippen molar-refractivity contribution in [3.8, 4) is 5.88 Å². The third-order valence-electron chi connectivity index (χ3n) is 1.12. The second kappa shape index (κ2) is 3.06. The van der Waals surface area contributed by atoms with Gasteiger partial charge in [-0.15, -0.1) is 0 Å². The molecule has 0 aromatic carbocycles. The first-order valence-electron chi connectivity index (χ1n) is 3.08. The molecular formula is C7H10N2O. The van der Waals surface area contributed by atoms with Crippen LogP contribution < -0.4 is 4.74 Å². The van der Waals surface area contributed by atoms with Gasteiger partial charge in [0, 0.05) is 0 Å². The van der Waals surface area contributed by atoms with Gasteiger partial charge in [-0.05, 0) is 13.0 Å². The number of aromatic nitrogens is 2. The molecule has 3 nitrogen and oxygen atoms in total. The van der Waals surface area contributed by atoms with Crippen molar-refractivity contribution in [2.45, 2.75) is 6.92 Å². The van der Waals surface area contributed by atoms with E-state index < -0.39 is 0 Å². The molecule has 1 aromatic rings. The molecule has 0 spiro atoms. The van der Waals surface area contributed by atoms with Gasteiger partial charge in [0.2, 0.25) is 5.88 Å². The molecular weight excluding hydrogens is 128 g/mol. The molecule has 3 heteroatoms. The van der Waals surface area contributed by atoms with E-state index in [1.54, 1.807) is 13.3 Å². The standard InChI is InChI=1S/C7H10N2O/c1-3-4-6-8-5-7(9-6)10-2/h3-5H,1-2H3,(H,8,9)/b4-3+. The minimum Gasteiger partial charge on any atom is -0.481 e. The number of methoxy groups -OCH3 is 1. The van der Waals surface area contributed by atoms with Crippen LogP contribution in [0.4, 0.5) is 0 Å². The zero-order valence-corrected chi connectivity index (χ0v) is 6.09. The monoisotopic (exact) mass is 138 g/mol. The number of nitrogens with zero attached hydrogens (tertiary/aromatic N) is 1. The fourth-order valence-electron chi connectivity index (χ4n) is 0.665. The van der Waals surface area contributed by atoms with Crippen LogP contribution in [0.3, 0.4) is 0 Å². The smallest absolute Gasteiger partial charge is 0.211 e. The number of imidazole rings is 1. The summed E-state index contributed by atoms with van der Waals surface area (Å²) < 4.78 is 4.89.